The molecule has 4 nitrogen and oxygen atoms in total. The van der Waals surface area contributed by atoms with Crippen LogP contribution in [0.1, 0.15) is 26.7 Å². The lowest BCUT2D eigenvalue weighted by atomic mass is 9.95. The number of nitrogens with zero attached hydrogens (tertiary/aromatic N) is 3. The Kier molecular flexibility index (Phi) is 2.59. The highest BCUT2D eigenvalue weighted by Gasteiger charge is 2.26. The summed E-state index contributed by atoms with van der Waals surface area (Å²) in [6.45, 7) is 5.61. The molecule has 1 aromatic heterocycles. The van der Waals surface area contributed by atoms with E-state index in [1.807, 2.05) is 13.2 Å². The topological polar surface area (TPSA) is 47.1 Å². The predicted molar refractivity (Wildman–Crippen MR) is 62.8 cm³/mol. The summed E-state index contributed by atoms with van der Waals surface area (Å²) in [6, 6.07) is 0.554. The lowest BCUT2D eigenvalue weighted by Gasteiger charge is -2.37. The van der Waals surface area contributed by atoms with Crippen molar-refractivity contribution >= 4 is 11.5 Å². The minimum atomic E-state index is 0.554. The molecule has 84 valence electrons. The van der Waals surface area contributed by atoms with Crippen molar-refractivity contribution < 1.29 is 0 Å². The molecule has 1 fully saturated rings. The molecule has 0 aliphatic carbocycles. The summed E-state index contributed by atoms with van der Waals surface area (Å²) in [5, 5.41) is 4.44. The van der Waals surface area contributed by atoms with Gasteiger partial charge in [0.2, 0.25) is 0 Å². The minimum absolute atomic E-state index is 0.554. The van der Waals surface area contributed by atoms with Crippen LogP contribution in [-0.2, 0) is 7.05 Å². The number of aryl methyl sites for hydroxylation is 1. The van der Waals surface area contributed by atoms with Gasteiger partial charge in [0.1, 0.15) is 0 Å². The van der Waals surface area contributed by atoms with E-state index in [0.717, 1.165) is 24.0 Å². The quantitative estimate of drug-likeness (QED) is 0.763. The largest absolute Gasteiger partial charge is 0.394 e. The van der Waals surface area contributed by atoms with Crippen LogP contribution in [0.3, 0.4) is 0 Å². The Balaban J connectivity index is 2.24. The number of hydrogen-bond acceptors (Lipinski definition) is 3. The van der Waals surface area contributed by atoms with Crippen LogP contribution in [0.25, 0.3) is 0 Å². The van der Waals surface area contributed by atoms with Crippen LogP contribution in [0.4, 0.5) is 11.5 Å². The smallest absolute Gasteiger partial charge is 0.174 e. The predicted octanol–water partition coefficient (Wildman–Crippen LogP) is 1.63. The van der Waals surface area contributed by atoms with Crippen LogP contribution < -0.4 is 10.6 Å². The monoisotopic (exact) mass is 208 g/mol. The Morgan fingerprint density at radius 2 is 2.13 bits per heavy atom. The molecule has 0 amide bonds. The van der Waals surface area contributed by atoms with Crippen molar-refractivity contribution in [1.29, 1.82) is 0 Å². The molecule has 0 spiro atoms. The number of anilines is 2. The highest BCUT2D eigenvalue weighted by molar-refractivity contribution is 5.62. The summed E-state index contributed by atoms with van der Waals surface area (Å²) < 4.78 is 1.79. The molecule has 1 aromatic rings. The van der Waals surface area contributed by atoms with Gasteiger partial charge < -0.3 is 10.6 Å². The van der Waals surface area contributed by atoms with Gasteiger partial charge in [-0.1, -0.05) is 6.92 Å². The van der Waals surface area contributed by atoms with Crippen molar-refractivity contribution in [3.05, 3.63) is 6.20 Å². The van der Waals surface area contributed by atoms with Crippen LogP contribution in [0.2, 0.25) is 0 Å². The Hall–Kier alpha value is -1.19. The number of rotatable bonds is 1. The molecule has 2 rings (SSSR count). The van der Waals surface area contributed by atoms with E-state index in [1.165, 1.54) is 12.8 Å². The zero-order valence-corrected chi connectivity index (χ0v) is 9.77. The van der Waals surface area contributed by atoms with Crippen molar-refractivity contribution in [2.45, 2.75) is 32.7 Å². The number of aromatic nitrogens is 2. The molecule has 0 saturated carbocycles. The van der Waals surface area contributed by atoms with Gasteiger partial charge >= 0.3 is 0 Å². The van der Waals surface area contributed by atoms with E-state index in [0.29, 0.717) is 6.04 Å². The maximum atomic E-state index is 5.95. The van der Waals surface area contributed by atoms with Crippen molar-refractivity contribution in [2.75, 3.05) is 17.2 Å². The maximum Gasteiger partial charge on any atom is 0.174 e. The van der Waals surface area contributed by atoms with Crippen molar-refractivity contribution in [1.82, 2.24) is 9.78 Å². The molecule has 4 heteroatoms. The second-order valence-corrected chi connectivity index (χ2v) is 4.77. The summed E-state index contributed by atoms with van der Waals surface area (Å²) in [5.41, 5.74) is 6.75. The third-order valence-corrected chi connectivity index (χ3v) is 3.23. The third kappa shape index (κ3) is 1.94. The van der Waals surface area contributed by atoms with Gasteiger partial charge in [0.25, 0.3) is 0 Å². The molecule has 1 aliphatic heterocycles. The van der Waals surface area contributed by atoms with E-state index < -0.39 is 0 Å². The first kappa shape index (κ1) is 10.3. The molecular formula is C11H20N4. The SMILES string of the molecule is CC1CCC(C)N(c2nn(C)cc2N)C1. The Labute approximate surface area is 91.1 Å². The lowest BCUT2D eigenvalue weighted by Crippen LogP contribution is -2.41. The van der Waals surface area contributed by atoms with Gasteiger partial charge in [-0.15, -0.1) is 0 Å². The molecule has 1 saturated heterocycles. The summed E-state index contributed by atoms with van der Waals surface area (Å²) in [7, 11) is 1.91. The summed E-state index contributed by atoms with van der Waals surface area (Å²) >= 11 is 0. The second kappa shape index (κ2) is 3.76. The second-order valence-electron chi connectivity index (χ2n) is 4.77. The van der Waals surface area contributed by atoms with Crippen LogP contribution in [-0.4, -0.2) is 22.4 Å². The van der Waals surface area contributed by atoms with Crippen LogP contribution in [0, 0.1) is 5.92 Å². The highest BCUT2D eigenvalue weighted by Crippen LogP contribution is 2.29. The average Bonchev–Trinajstić information content (AvgIpc) is 2.50. The van der Waals surface area contributed by atoms with Crippen molar-refractivity contribution in [2.24, 2.45) is 13.0 Å². The maximum absolute atomic E-state index is 5.95. The molecule has 0 radical (unpaired) electrons. The molecule has 2 heterocycles. The Morgan fingerprint density at radius 1 is 1.40 bits per heavy atom. The first-order valence-corrected chi connectivity index (χ1v) is 5.63. The van der Waals surface area contributed by atoms with E-state index in [1.54, 1.807) is 4.68 Å². The van der Waals surface area contributed by atoms with E-state index >= 15 is 0 Å². The minimum Gasteiger partial charge on any atom is -0.394 e. The number of piperidine rings is 1. The number of nitrogen functional groups attached to an aromatic ring is 1. The molecular weight excluding hydrogens is 188 g/mol. The summed E-state index contributed by atoms with van der Waals surface area (Å²) in [5.74, 6) is 1.69. The van der Waals surface area contributed by atoms with Gasteiger partial charge in [0.15, 0.2) is 5.82 Å². The first-order chi connectivity index (χ1) is 7.08. The van der Waals surface area contributed by atoms with Crippen LogP contribution in [0.15, 0.2) is 6.20 Å². The van der Waals surface area contributed by atoms with E-state index in [-0.39, 0.29) is 0 Å². The van der Waals surface area contributed by atoms with Gasteiger partial charge in [-0.2, -0.15) is 5.10 Å². The average molecular weight is 208 g/mol. The summed E-state index contributed by atoms with van der Waals surface area (Å²) in [4.78, 5) is 2.34. The molecule has 0 aromatic carbocycles. The van der Waals surface area contributed by atoms with Gasteiger partial charge in [0, 0.05) is 25.8 Å². The van der Waals surface area contributed by atoms with E-state index in [4.69, 9.17) is 5.73 Å². The van der Waals surface area contributed by atoms with E-state index in [9.17, 15) is 0 Å². The van der Waals surface area contributed by atoms with Crippen LogP contribution >= 0.6 is 0 Å². The van der Waals surface area contributed by atoms with Gasteiger partial charge in [-0.3, -0.25) is 4.68 Å². The molecule has 15 heavy (non-hydrogen) atoms. The Morgan fingerprint density at radius 3 is 2.73 bits per heavy atom. The number of nitrogens with two attached hydrogens (primary N) is 1. The third-order valence-electron chi connectivity index (χ3n) is 3.23. The Bertz CT molecular complexity index is 344. The summed E-state index contributed by atoms with van der Waals surface area (Å²) in [6.07, 6.45) is 4.42. The number of hydrogen-bond donors (Lipinski definition) is 1. The van der Waals surface area contributed by atoms with Crippen molar-refractivity contribution in [3.63, 3.8) is 0 Å². The zero-order valence-electron chi connectivity index (χ0n) is 9.77. The lowest BCUT2D eigenvalue weighted by molar-refractivity contribution is 0.387. The first-order valence-electron chi connectivity index (χ1n) is 5.63. The van der Waals surface area contributed by atoms with Crippen molar-refractivity contribution in [3.8, 4) is 0 Å². The van der Waals surface area contributed by atoms with Gasteiger partial charge in [-0.25, -0.2) is 0 Å². The van der Waals surface area contributed by atoms with E-state index in [2.05, 4.69) is 23.8 Å². The van der Waals surface area contributed by atoms with Crippen LogP contribution in [0.5, 0.6) is 0 Å². The molecule has 0 bridgehead atoms. The molecule has 2 atom stereocenters. The normalized spacial score (nSPS) is 27.0. The van der Waals surface area contributed by atoms with Gasteiger partial charge in [0.05, 0.1) is 5.69 Å². The fraction of sp³-hybridized carbons (Fsp3) is 0.727. The molecule has 2 N–H and O–H groups in total. The molecule has 1 aliphatic rings. The van der Waals surface area contributed by atoms with Gasteiger partial charge in [-0.05, 0) is 25.7 Å². The highest BCUT2D eigenvalue weighted by atomic mass is 15.4. The fourth-order valence-corrected chi connectivity index (χ4v) is 2.30. The molecule has 2 unspecified atom stereocenters. The standard InChI is InChI=1S/C11H20N4/c1-8-4-5-9(2)15(6-8)11-10(12)7-14(3)13-11/h7-9H,4-6,12H2,1-3H3. The zero-order chi connectivity index (χ0) is 11.0. The fourth-order valence-electron chi connectivity index (χ4n) is 2.30.